The third kappa shape index (κ3) is 3.29. The standard InChI is InChI=1S/C24H26N6O2/c1-23(2,3)30-14-16-9-24(10-19(31)20(16)28-30)4-6-29(7-5-24)22(32)15-8-18-17(11-25)13-27-21(18)26-12-15/h8,12-14H,4-7,9-10H2,1-3H3,(H,26,27). The number of fused-ring (bicyclic) bond motifs is 2. The molecule has 3 aromatic rings. The van der Waals surface area contributed by atoms with E-state index in [-0.39, 0.29) is 22.6 Å². The van der Waals surface area contributed by atoms with Gasteiger partial charge in [-0.05, 0) is 51.5 Å². The number of hydrogen-bond acceptors (Lipinski definition) is 5. The van der Waals surface area contributed by atoms with Crippen LogP contribution in [-0.2, 0) is 12.0 Å². The van der Waals surface area contributed by atoms with Gasteiger partial charge in [0.05, 0.1) is 16.7 Å². The number of pyridine rings is 1. The molecule has 1 N–H and O–H groups in total. The van der Waals surface area contributed by atoms with Crippen LogP contribution in [0.3, 0.4) is 0 Å². The Morgan fingerprint density at radius 2 is 2.00 bits per heavy atom. The van der Waals surface area contributed by atoms with E-state index in [2.05, 4.69) is 41.9 Å². The largest absolute Gasteiger partial charge is 0.345 e. The molecule has 0 bridgehead atoms. The fourth-order valence-electron chi connectivity index (χ4n) is 4.94. The molecule has 0 radical (unpaired) electrons. The summed E-state index contributed by atoms with van der Waals surface area (Å²) in [6.07, 6.45) is 8.08. The number of likely N-dealkylation sites (tertiary alicyclic amines) is 1. The lowest BCUT2D eigenvalue weighted by atomic mass is 9.67. The van der Waals surface area contributed by atoms with Crippen molar-refractivity contribution < 1.29 is 9.59 Å². The topological polar surface area (TPSA) is 108 Å². The van der Waals surface area contributed by atoms with Crippen molar-refractivity contribution in [2.24, 2.45) is 5.41 Å². The fourth-order valence-corrected chi connectivity index (χ4v) is 4.94. The minimum absolute atomic E-state index is 0.0808. The number of Topliss-reactive ketones (excluding diaryl/α,β-unsaturated/α-hetero) is 1. The predicted octanol–water partition coefficient (Wildman–Crippen LogP) is 3.44. The lowest BCUT2D eigenvalue weighted by Gasteiger charge is -2.43. The summed E-state index contributed by atoms with van der Waals surface area (Å²) in [5, 5.41) is 14.5. The van der Waals surface area contributed by atoms with Crippen molar-refractivity contribution in [3.63, 3.8) is 0 Å². The second-order valence-corrected chi connectivity index (χ2v) is 10.1. The van der Waals surface area contributed by atoms with Crippen LogP contribution in [0.4, 0.5) is 0 Å². The zero-order valence-electron chi connectivity index (χ0n) is 18.6. The number of aromatic amines is 1. The third-order valence-electron chi connectivity index (χ3n) is 6.85. The first-order valence-corrected chi connectivity index (χ1v) is 11.0. The number of H-pyrrole nitrogens is 1. The van der Waals surface area contributed by atoms with Crippen molar-refractivity contribution >= 4 is 22.7 Å². The van der Waals surface area contributed by atoms with Crippen LogP contribution >= 0.6 is 0 Å². The van der Waals surface area contributed by atoms with E-state index < -0.39 is 0 Å². The molecule has 2 aliphatic rings. The molecule has 0 aromatic carbocycles. The molecule has 1 aliphatic heterocycles. The van der Waals surface area contributed by atoms with Gasteiger partial charge < -0.3 is 9.88 Å². The Labute approximate surface area is 186 Å². The van der Waals surface area contributed by atoms with Crippen LogP contribution in [0, 0.1) is 16.7 Å². The molecule has 4 heterocycles. The summed E-state index contributed by atoms with van der Waals surface area (Å²) in [5.41, 5.74) is 2.93. The first-order valence-electron chi connectivity index (χ1n) is 11.0. The van der Waals surface area contributed by atoms with Crippen LogP contribution in [0.5, 0.6) is 0 Å². The summed E-state index contributed by atoms with van der Waals surface area (Å²) in [5.74, 6) is 0.0304. The number of nitrogens with zero attached hydrogens (tertiary/aromatic N) is 5. The maximum atomic E-state index is 13.1. The van der Waals surface area contributed by atoms with Gasteiger partial charge in [0.25, 0.3) is 5.91 Å². The summed E-state index contributed by atoms with van der Waals surface area (Å²) < 4.78 is 1.90. The summed E-state index contributed by atoms with van der Waals surface area (Å²) in [6, 6.07) is 3.86. The molecule has 3 aromatic heterocycles. The Balaban J connectivity index is 1.33. The van der Waals surface area contributed by atoms with Crippen molar-refractivity contribution in [2.75, 3.05) is 13.1 Å². The molecule has 1 fully saturated rings. The van der Waals surface area contributed by atoms with E-state index >= 15 is 0 Å². The van der Waals surface area contributed by atoms with Crippen molar-refractivity contribution in [3.05, 3.63) is 47.0 Å². The number of piperidine rings is 1. The molecule has 32 heavy (non-hydrogen) atoms. The van der Waals surface area contributed by atoms with Gasteiger partial charge in [-0.3, -0.25) is 14.3 Å². The summed E-state index contributed by atoms with van der Waals surface area (Å²) in [7, 11) is 0. The van der Waals surface area contributed by atoms with Crippen molar-refractivity contribution in [3.8, 4) is 6.07 Å². The van der Waals surface area contributed by atoms with E-state index in [4.69, 9.17) is 0 Å². The second-order valence-electron chi connectivity index (χ2n) is 10.1. The monoisotopic (exact) mass is 430 g/mol. The second kappa shape index (κ2) is 7.02. The Morgan fingerprint density at radius 1 is 1.25 bits per heavy atom. The molecule has 5 rings (SSSR count). The van der Waals surface area contributed by atoms with E-state index in [1.165, 1.54) is 0 Å². The number of carbonyl (C=O) groups excluding carboxylic acids is 2. The van der Waals surface area contributed by atoms with E-state index in [1.54, 1.807) is 18.5 Å². The lowest BCUT2D eigenvalue weighted by Crippen LogP contribution is -2.46. The van der Waals surface area contributed by atoms with Crippen molar-refractivity contribution in [2.45, 2.75) is 52.0 Å². The van der Waals surface area contributed by atoms with E-state index in [0.717, 1.165) is 24.8 Å². The zero-order valence-corrected chi connectivity index (χ0v) is 18.6. The Bertz CT molecular complexity index is 1280. The summed E-state index contributed by atoms with van der Waals surface area (Å²) >= 11 is 0. The highest BCUT2D eigenvalue weighted by molar-refractivity contribution is 5.98. The van der Waals surface area contributed by atoms with E-state index in [1.807, 2.05) is 15.8 Å². The van der Waals surface area contributed by atoms with Crippen molar-refractivity contribution in [1.82, 2.24) is 24.6 Å². The van der Waals surface area contributed by atoms with Crippen LogP contribution < -0.4 is 0 Å². The number of aromatic nitrogens is 4. The predicted molar refractivity (Wildman–Crippen MR) is 118 cm³/mol. The first-order chi connectivity index (χ1) is 15.2. The van der Waals surface area contributed by atoms with Gasteiger partial charge in [-0.1, -0.05) is 0 Å². The zero-order chi connectivity index (χ0) is 22.7. The first kappa shape index (κ1) is 20.4. The van der Waals surface area contributed by atoms with Gasteiger partial charge >= 0.3 is 0 Å². The highest BCUT2D eigenvalue weighted by Crippen LogP contribution is 2.43. The molecule has 0 saturated carbocycles. The Kier molecular flexibility index (Phi) is 4.48. The van der Waals surface area contributed by atoms with Gasteiger partial charge in [-0.15, -0.1) is 0 Å². The van der Waals surface area contributed by atoms with Crippen molar-refractivity contribution in [1.29, 1.82) is 5.26 Å². The molecule has 0 unspecified atom stereocenters. The fraction of sp³-hybridized carbons (Fsp3) is 0.458. The minimum atomic E-state index is -0.166. The van der Waals surface area contributed by atoms with Gasteiger partial charge in [-0.25, -0.2) is 4.98 Å². The molecule has 1 saturated heterocycles. The quantitative estimate of drug-likeness (QED) is 0.636. The van der Waals surface area contributed by atoms with E-state index in [0.29, 0.717) is 47.4 Å². The number of nitrogens with one attached hydrogen (secondary N) is 1. The Morgan fingerprint density at radius 3 is 2.69 bits per heavy atom. The molecular formula is C24H26N6O2. The highest BCUT2D eigenvalue weighted by Gasteiger charge is 2.43. The number of hydrogen-bond donors (Lipinski definition) is 1. The average Bonchev–Trinajstić information content (AvgIpc) is 3.37. The van der Waals surface area contributed by atoms with Gasteiger partial charge in [0.2, 0.25) is 0 Å². The third-order valence-corrected chi connectivity index (χ3v) is 6.85. The average molecular weight is 431 g/mol. The molecule has 0 atom stereocenters. The molecule has 1 amide bonds. The molecule has 164 valence electrons. The highest BCUT2D eigenvalue weighted by atomic mass is 16.2. The van der Waals surface area contributed by atoms with Crippen LogP contribution in [0.2, 0.25) is 0 Å². The number of carbonyl (C=O) groups is 2. The normalized spacial score (nSPS) is 18.1. The van der Waals surface area contributed by atoms with Gasteiger partial charge in [0.15, 0.2) is 5.78 Å². The number of rotatable bonds is 1. The van der Waals surface area contributed by atoms with Gasteiger partial charge in [-0.2, -0.15) is 10.4 Å². The van der Waals surface area contributed by atoms with Crippen LogP contribution in [0.1, 0.15) is 72.0 Å². The maximum Gasteiger partial charge on any atom is 0.255 e. The maximum absolute atomic E-state index is 13.1. The number of nitriles is 1. The van der Waals surface area contributed by atoms with E-state index in [9.17, 15) is 14.9 Å². The van der Waals surface area contributed by atoms with Gasteiger partial charge in [0, 0.05) is 49.1 Å². The smallest absolute Gasteiger partial charge is 0.255 e. The molecular weight excluding hydrogens is 404 g/mol. The van der Waals surface area contributed by atoms with Crippen LogP contribution in [0.25, 0.3) is 11.0 Å². The van der Waals surface area contributed by atoms with Crippen LogP contribution in [0.15, 0.2) is 24.7 Å². The molecule has 1 aliphatic carbocycles. The Hall–Kier alpha value is -3.47. The summed E-state index contributed by atoms with van der Waals surface area (Å²) in [4.78, 5) is 35.1. The van der Waals surface area contributed by atoms with Gasteiger partial charge in [0.1, 0.15) is 17.4 Å². The lowest BCUT2D eigenvalue weighted by molar-refractivity contribution is 0.0519. The number of ketones is 1. The minimum Gasteiger partial charge on any atom is -0.345 e. The molecule has 8 nitrogen and oxygen atoms in total. The number of amides is 1. The molecule has 1 spiro atoms. The molecule has 8 heteroatoms. The summed E-state index contributed by atoms with van der Waals surface area (Å²) in [6.45, 7) is 7.44. The SMILES string of the molecule is CC(C)(C)n1cc2c(n1)C(=O)CC1(CCN(C(=O)c3cnc4[nH]cc(C#N)c4c3)CC1)C2. The van der Waals surface area contributed by atoms with Crippen LogP contribution in [-0.4, -0.2) is 49.4 Å².